The number of nitrogens with one attached hydrogen (secondary N) is 2. The van der Waals surface area contributed by atoms with Crippen LogP contribution in [0, 0.1) is 0 Å². The maximum Gasteiger partial charge on any atom is 0.210 e. The zero-order valence-electron chi connectivity index (χ0n) is 13.9. The largest absolute Gasteiger partial charge is 0.378 e. The number of primary sulfonamides is 1. The first-order valence-electron chi connectivity index (χ1n) is 8.15. The fraction of sp³-hybridized carbons (Fsp3) is 0.929. The highest BCUT2D eigenvalue weighted by atomic mass is 127. The molecule has 0 heterocycles. The number of rotatable bonds is 9. The van der Waals surface area contributed by atoms with Crippen molar-refractivity contribution >= 4 is 40.0 Å². The van der Waals surface area contributed by atoms with Crippen molar-refractivity contribution in [3.8, 4) is 0 Å². The van der Waals surface area contributed by atoms with Crippen molar-refractivity contribution in [2.75, 3.05) is 32.0 Å². The Morgan fingerprint density at radius 3 is 2.57 bits per heavy atom. The van der Waals surface area contributed by atoms with Crippen LogP contribution in [0.25, 0.3) is 0 Å². The second-order valence-corrected chi connectivity index (χ2v) is 7.27. The molecule has 0 spiro atoms. The summed E-state index contributed by atoms with van der Waals surface area (Å²) < 4.78 is 27.6. The Morgan fingerprint density at radius 1 is 1.26 bits per heavy atom. The molecule has 7 nitrogen and oxygen atoms in total. The number of ether oxygens (including phenoxy) is 1. The molecule has 23 heavy (non-hydrogen) atoms. The normalized spacial score (nSPS) is 16.7. The van der Waals surface area contributed by atoms with Crippen LogP contribution in [0.1, 0.15) is 45.4 Å². The van der Waals surface area contributed by atoms with Crippen LogP contribution in [0.5, 0.6) is 0 Å². The average molecular weight is 462 g/mol. The molecule has 0 aromatic carbocycles. The highest BCUT2D eigenvalue weighted by Crippen LogP contribution is 2.20. The van der Waals surface area contributed by atoms with Crippen molar-refractivity contribution in [2.45, 2.75) is 51.6 Å². The van der Waals surface area contributed by atoms with Crippen molar-refractivity contribution in [3.05, 3.63) is 0 Å². The Kier molecular flexibility index (Phi) is 13.1. The molecule has 4 N–H and O–H groups in total. The van der Waals surface area contributed by atoms with Crippen molar-refractivity contribution < 1.29 is 13.2 Å². The minimum absolute atomic E-state index is 0. The van der Waals surface area contributed by atoms with Gasteiger partial charge in [0.15, 0.2) is 5.96 Å². The van der Waals surface area contributed by atoms with Crippen LogP contribution in [0.4, 0.5) is 0 Å². The number of halogens is 1. The lowest BCUT2D eigenvalue weighted by atomic mass is 9.98. The summed E-state index contributed by atoms with van der Waals surface area (Å²) in [4.78, 5) is 4.39. The van der Waals surface area contributed by atoms with Gasteiger partial charge in [0, 0.05) is 26.2 Å². The minimum Gasteiger partial charge on any atom is -0.378 e. The molecule has 0 saturated heterocycles. The van der Waals surface area contributed by atoms with Gasteiger partial charge in [-0.25, -0.2) is 13.6 Å². The van der Waals surface area contributed by atoms with Gasteiger partial charge >= 0.3 is 0 Å². The summed E-state index contributed by atoms with van der Waals surface area (Å²) in [5.41, 5.74) is 0. The summed E-state index contributed by atoms with van der Waals surface area (Å²) in [6, 6.07) is 0. The molecule has 1 rings (SSSR count). The Morgan fingerprint density at radius 2 is 1.96 bits per heavy atom. The van der Waals surface area contributed by atoms with Gasteiger partial charge in [-0.3, -0.25) is 4.99 Å². The molecule has 1 fully saturated rings. The van der Waals surface area contributed by atoms with Gasteiger partial charge in [0.25, 0.3) is 0 Å². The monoisotopic (exact) mass is 462 g/mol. The van der Waals surface area contributed by atoms with Gasteiger partial charge in [0.2, 0.25) is 10.0 Å². The van der Waals surface area contributed by atoms with Crippen LogP contribution >= 0.6 is 24.0 Å². The van der Waals surface area contributed by atoms with Gasteiger partial charge in [-0.15, -0.1) is 24.0 Å². The standard InChI is InChI=1S/C14H30N4O3S.HI/c1-2-16-14(18-10-12-22(15,19)20)17-9-6-11-21-13-7-4-3-5-8-13;/h13H,2-12H2,1H3,(H2,15,19,20)(H2,16,17,18);1H. The lowest BCUT2D eigenvalue weighted by molar-refractivity contribution is 0.0281. The molecular weight excluding hydrogens is 431 g/mol. The number of nitrogens with zero attached hydrogens (tertiary/aromatic N) is 1. The van der Waals surface area contributed by atoms with Crippen LogP contribution in [0.2, 0.25) is 0 Å². The predicted octanol–water partition coefficient (Wildman–Crippen LogP) is 1.19. The third kappa shape index (κ3) is 12.9. The zero-order valence-corrected chi connectivity index (χ0v) is 17.1. The Bertz CT molecular complexity index is 426. The van der Waals surface area contributed by atoms with E-state index in [0.717, 1.165) is 19.6 Å². The molecule has 0 aliphatic heterocycles. The molecule has 0 bridgehead atoms. The number of hydrogen-bond donors (Lipinski definition) is 3. The summed E-state index contributed by atoms with van der Waals surface area (Å²) in [7, 11) is -3.44. The van der Waals surface area contributed by atoms with Crippen molar-refractivity contribution in [3.63, 3.8) is 0 Å². The molecule has 0 aromatic rings. The summed E-state index contributed by atoms with van der Waals surface area (Å²) in [5.74, 6) is 0.506. The van der Waals surface area contributed by atoms with Crippen LogP contribution in [-0.2, 0) is 14.8 Å². The first-order chi connectivity index (χ1) is 10.5. The maximum atomic E-state index is 10.9. The molecule has 0 atom stereocenters. The number of aliphatic imine (C=N–C) groups is 1. The minimum atomic E-state index is -3.44. The smallest absolute Gasteiger partial charge is 0.210 e. The lowest BCUT2D eigenvalue weighted by Gasteiger charge is -2.21. The van der Waals surface area contributed by atoms with Gasteiger partial charge in [0.05, 0.1) is 11.9 Å². The highest BCUT2D eigenvalue weighted by molar-refractivity contribution is 14.0. The third-order valence-electron chi connectivity index (χ3n) is 3.50. The van der Waals surface area contributed by atoms with E-state index in [1.807, 2.05) is 6.92 Å². The molecule has 138 valence electrons. The van der Waals surface area contributed by atoms with Gasteiger partial charge < -0.3 is 15.4 Å². The topological polar surface area (TPSA) is 106 Å². The van der Waals surface area contributed by atoms with Crippen LogP contribution < -0.4 is 15.8 Å². The molecule has 1 aliphatic carbocycles. The fourth-order valence-electron chi connectivity index (χ4n) is 2.39. The zero-order chi connectivity index (χ0) is 16.3. The number of hydrogen-bond acceptors (Lipinski definition) is 4. The molecular formula is C14H31IN4O3S. The average Bonchev–Trinajstić information content (AvgIpc) is 2.46. The van der Waals surface area contributed by atoms with E-state index in [4.69, 9.17) is 9.88 Å². The maximum absolute atomic E-state index is 10.9. The van der Waals surface area contributed by atoms with Gasteiger partial charge in [0.1, 0.15) is 0 Å². The van der Waals surface area contributed by atoms with E-state index in [1.165, 1.54) is 32.1 Å². The summed E-state index contributed by atoms with van der Waals surface area (Å²) in [5, 5.41) is 11.0. The number of guanidine groups is 1. The van der Waals surface area contributed by atoms with Gasteiger partial charge in [-0.05, 0) is 26.2 Å². The van der Waals surface area contributed by atoms with Crippen molar-refractivity contribution in [1.82, 2.24) is 10.6 Å². The Balaban J connectivity index is 0.00000484. The molecule has 0 aromatic heterocycles. The lowest BCUT2D eigenvalue weighted by Crippen LogP contribution is -2.40. The summed E-state index contributed by atoms with van der Waals surface area (Å²) >= 11 is 0. The van der Waals surface area contributed by atoms with Crippen molar-refractivity contribution in [2.24, 2.45) is 10.1 Å². The first-order valence-corrected chi connectivity index (χ1v) is 9.87. The third-order valence-corrected chi connectivity index (χ3v) is 4.27. The molecule has 0 amide bonds. The Labute approximate surface area is 157 Å². The van der Waals surface area contributed by atoms with E-state index in [-0.39, 0.29) is 36.3 Å². The second-order valence-electron chi connectivity index (χ2n) is 5.54. The molecule has 0 radical (unpaired) electrons. The van der Waals surface area contributed by atoms with E-state index >= 15 is 0 Å². The first kappa shape index (κ1) is 22.9. The van der Waals surface area contributed by atoms with E-state index in [9.17, 15) is 8.42 Å². The molecule has 1 saturated carbocycles. The Hall–Kier alpha value is -0.130. The van der Waals surface area contributed by atoms with E-state index < -0.39 is 10.0 Å². The number of nitrogens with two attached hydrogens (primary N) is 1. The predicted molar refractivity (Wildman–Crippen MR) is 105 cm³/mol. The molecule has 1 aliphatic rings. The van der Waals surface area contributed by atoms with Gasteiger partial charge in [-0.1, -0.05) is 19.3 Å². The summed E-state index contributed by atoms with van der Waals surface area (Å²) in [6.45, 7) is 4.31. The highest BCUT2D eigenvalue weighted by Gasteiger charge is 2.12. The SMILES string of the molecule is CCNC(=NCCCOC1CCCCC1)NCCS(N)(=O)=O.I. The fourth-order valence-corrected chi connectivity index (χ4v) is 2.78. The van der Waals surface area contributed by atoms with E-state index in [2.05, 4.69) is 15.6 Å². The van der Waals surface area contributed by atoms with Gasteiger partial charge in [-0.2, -0.15) is 0 Å². The van der Waals surface area contributed by atoms with E-state index in [0.29, 0.717) is 18.6 Å². The van der Waals surface area contributed by atoms with Crippen LogP contribution in [0.15, 0.2) is 4.99 Å². The van der Waals surface area contributed by atoms with Crippen molar-refractivity contribution in [1.29, 1.82) is 0 Å². The van der Waals surface area contributed by atoms with Crippen LogP contribution in [-0.4, -0.2) is 52.5 Å². The summed E-state index contributed by atoms with van der Waals surface area (Å²) in [6.07, 6.45) is 7.55. The number of sulfonamides is 1. The quantitative estimate of drug-likeness (QED) is 0.207. The molecule has 0 unspecified atom stereocenters. The molecule has 9 heteroatoms. The second kappa shape index (κ2) is 13.2. The van der Waals surface area contributed by atoms with Crippen LogP contribution in [0.3, 0.4) is 0 Å². The van der Waals surface area contributed by atoms with E-state index in [1.54, 1.807) is 0 Å².